The van der Waals surface area contributed by atoms with Crippen molar-refractivity contribution in [2.24, 2.45) is 10.2 Å². The Morgan fingerprint density at radius 3 is 2.12 bits per heavy atom. The van der Waals surface area contributed by atoms with E-state index in [0.29, 0.717) is 23.1 Å². The van der Waals surface area contributed by atoms with E-state index in [2.05, 4.69) is 45.2 Å². The zero-order valence-corrected chi connectivity index (χ0v) is 28.8. The van der Waals surface area contributed by atoms with Crippen LogP contribution in [0.2, 0.25) is 5.28 Å². The number of halogens is 1. The van der Waals surface area contributed by atoms with E-state index >= 15 is 0 Å². The first-order valence-corrected chi connectivity index (χ1v) is 18.1. The highest BCUT2D eigenvalue weighted by atomic mass is 35.5. The molecule has 262 valence electrons. The number of aromatic hydroxyl groups is 1. The normalized spacial score (nSPS) is 12.2. The maximum absolute atomic E-state index is 12.5. The number of fused-ring (bicyclic) bond motifs is 2. The van der Waals surface area contributed by atoms with E-state index in [4.69, 9.17) is 16.9 Å². The number of anilines is 4. The van der Waals surface area contributed by atoms with Gasteiger partial charge in [-0.25, -0.2) is 5.26 Å². The minimum absolute atomic E-state index is 0.0191. The maximum atomic E-state index is 12.5. The molecule has 0 saturated carbocycles. The van der Waals surface area contributed by atoms with E-state index in [1.807, 2.05) is 31.2 Å². The summed E-state index contributed by atoms with van der Waals surface area (Å²) >= 11 is 6.56. The van der Waals surface area contributed by atoms with Crippen LogP contribution in [0.1, 0.15) is 5.56 Å². The molecule has 6 aromatic rings. The molecule has 0 atom stereocenters. The lowest BCUT2D eigenvalue weighted by Gasteiger charge is -2.12. The van der Waals surface area contributed by atoms with Crippen molar-refractivity contribution in [3.8, 4) is 5.75 Å². The van der Waals surface area contributed by atoms with Gasteiger partial charge >= 0.3 is 0 Å². The number of hydrogen-bond acceptors (Lipinski definition) is 16. The number of hydrogen-bond donors (Lipinski definition) is 6. The second-order valence-electron chi connectivity index (χ2n) is 10.5. The quantitative estimate of drug-likeness (QED) is 0.0243. The van der Waals surface area contributed by atoms with Crippen LogP contribution in [-0.4, -0.2) is 51.3 Å². The molecule has 0 aliphatic carbocycles. The molecule has 6 N–H and O–H groups in total. The molecule has 51 heavy (non-hydrogen) atoms. The Hall–Kier alpha value is -5.03. The molecule has 0 unspecified atom stereocenters. The Kier molecular flexibility index (Phi) is 10.0. The highest BCUT2D eigenvalue weighted by Crippen LogP contribution is 2.45. The van der Waals surface area contributed by atoms with Crippen molar-refractivity contribution in [3.63, 3.8) is 0 Å². The Bertz CT molecular complexity index is 2580. The second kappa shape index (κ2) is 14.3. The van der Waals surface area contributed by atoms with Gasteiger partial charge in [0.1, 0.15) is 21.2 Å². The second-order valence-corrected chi connectivity index (χ2v) is 14.3. The van der Waals surface area contributed by atoms with E-state index in [1.54, 1.807) is 12.1 Å². The van der Waals surface area contributed by atoms with Gasteiger partial charge in [-0.15, -0.1) is 14.6 Å². The monoisotopic (exact) mass is 771 g/mol. The van der Waals surface area contributed by atoms with Crippen molar-refractivity contribution in [2.75, 3.05) is 10.6 Å². The van der Waals surface area contributed by atoms with Crippen molar-refractivity contribution in [3.05, 3.63) is 89.7 Å². The number of nitrogens with zero attached hydrogens (tertiary/aromatic N) is 5. The van der Waals surface area contributed by atoms with Gasteiger partial charge in [0.25, 0.3) is 20.2 Å². The zero-order valence-electron chi connectivity index (χ0n) is 25.6. The molecule has 6 rings (SSSR count). The lowest BCUT2D eigenvalue weighted by molar-refractivity contribution is -0.432. The molecule has 17 nitrogen and oxygen atoms in total. The van der Waals surface area contributed by atoms with Crippen LogP contribution < -0.4 is 10.6 Å². The predicted molar refractivity (Wildman–Crippen MR) is 187 cm³/mol. The van der Waals surface area contributed by atoms with Crippen LogP contribution in [0.15, 0.2) is 104 Å². The average molecular weight is 772 g/mol. The lowest BCUT2D eigenvalue weighted by Crippen LogP contribution is -2.04. The minimum atomic E-state index is -5.06. The molecule has 1 aromatic heterocycles. The Morgan fingerprint density at radius 1 is 0.784 bits per heavy atom. The Labute approximate surface area is 297 Å². The van der Waals surface area contributed by atoms with Gasteiger partial charge in [-0.2, -0.15) is 31.8 Å². The van der Waals surface area contributed by atoms with Crippen LogP contribution in [0.3, 0.4) is 0 Å². The smallest absolute Gasteiger partial charge is 0.297 e. The van der Waals surface area contributed by atoms with Crippen LogP contribution in [0.5, 0.6) is 5.75 Å². The fraction of sp³-hybridized carbons (Fsp3) is 0.0333. The predicted octanol–water partition coefficient (Wildman–Crippen LogP) is 7.67. The Morgan fingerprint density at radius 2 is 1.45 bits per heavy atom. The van der Waals surface area contributed by atoms with Gasteiger partial charge in [-0.3, -0.25) is 9.11 Å². The Balaban J connectivity index is 1.38. The van der Waals surface area contributed by atoms with E-state index in [1.165, 1.54) is 18.2 Å². The maximum Gasteiger partial charge on any atom is 0.297 e. The van der Waals surface area contributed by atoms with Gasteiger partial charge in [0.2, 0.25) is 17.2 Å². The number of aryl methyl sites for hydroxylation is 1. The number of azo groups is 1. The summed E-state index contributed by atoms with van der Waals surface area (Å²) in [5.74, 6) is -0.182. The number of phenolic OH excluding ortho intramolecular Hbond substituents is 1. The van der Waals surface area contributed by atoms with Crippen molar-refractivity contribution in [1.29, 1.82) is 0 Å². The number of nitrogens with one attached hydrogen (secondary N) is 2. The minimum Gasteiger partial charge on any atom is -0.505 e. The van der Waals surface area contributed by atoms with Gasteiger partial charge < -0.3 is 15.7 Å². The van der Waals surface area contributed by atoms with E-state index in [9.17, 15) is 31.0 Å². The van der Waals surface area contributed by atoms with Gasteiger partial charge in [0, 0.05) is 27.5 Å². The third kappa shape index (κ3) is 7.99. The molecule has 0 aliphatic rings. The van der Waals surface area contributed by atoms with Crippen molar-refractivity contribution in [1.82, 2.24) is 15.0 Å². The summed E-state index contributed by atoms with van der Waals surface area (Å²) in [6.07, 6.45) is 0. The fourth-order valence-corrected chi connectivity index (χ4v) is 7.16. The first kappa shape index (κ1) is 35.8. The first-order chi connectivity index (χ1) is 24.2. The standard InChI is InChI=1S/C30H22ClN7O10S3/c1-15-5-7-17(8-6-15)32-29-34-28(31)35-30(36-29)33-18-9-10-19-16(13-18)14-23(49-48-47-40)25(26(19)39)38-37-22-12-11-20-21(27(22)51(44,45)46)3-2-4-24(20)50(41,42)43/h2-14,39-40H,1H3,(H,41,42,43)(H,44,45,46)(H2,32,33,34,35,36). The number of rotatable bonds is 11. The zero-order chi connectivity index (χ0) is 36.5. The van der Waals surface area contributed by atoms with Crippen molar-refractivity contribution < 1.29 is 45.7 Å². The topological polar surface area (TPSA) is 255 Å². The molecule has 0 aliphatic heterocycles. The fourth-order valence-electron chi connectivity index (χ4n) is 4.97. The van der Waals surface area contributed by atoms with Crippen LogP contribution in [-0.2, 0) is 29.6 Å². The van der Waals surface area contributed by atoms with E-state index < -0.39 is 41.5 Å². The van der Waals surface area contributed by atoms with Gasteiger partial charge in [-0.05, 0) is 72.4 Å². The van der Waals surface area contributed by atoms with Crippen LogP contribution in [0, 0.1) is 6.92 Å². The largest absolute Gasteiger partial charge is 0.505 e. The van der Waals surface area contributed by atoms with E-state index in [0.717, 1.165) is 35.5 Å². The first-order valence-electron chi connectivity index (χ1n) is 14.1. The van der Waals surface area contributed by atoms with Gasteiger partial charge in [-0.1, -0.05) is 40.9 Å². The molecule has 0 radical (unpaired) electrons. The van der Waals surface area contributed by atoms with Crippen molar-refractivity contribution in [2.45, 2.75) is 21.6 Å². The van der Waals surface area contributed by atoms with Crippen LogP contribution >= 0.6 is 23.6 Å². The molecule has 0 spiro atoms. The molecule has 21 heteroatoms. The third-order valence-electron chi connectivity index (χ3n) is 7.12. The van der Waals surface area contributed by atoms with Gasteiger partial charge in [0.05, 0.1) is 16.9 Å². The summed E-state index contributed by atoms with van der Waals surface area (Å²) in [7, 11) is -9.83. The summed E-state index contributed by atoms with van der Waals surface area (Å²) in [4.78, 5) is 11.2. The molecule has 1 heterocycles. The highest BCUT2D eigenvalue weighted by Gasteiger charge is 2.24. The molecule has 0 bridgehead atoms. The van der Waals surface area contributed by atoms with Crippen molar-refractivity contribution >= 4 is 100 Å². The SMILES string of the molecule is Cc1ccc(Nc2nc(Cl)nc(Nc3ccc4c(O)c(N=Nc5ccc6c(S(=O)(=O)O)cccc6c5S(=O)(=O)O)c(SOOO)cc4c3)n2)cc1. The molecule has 0 saturated heterocycles. The third-order valence-corrected chi connectivity index (χ3v) is 9.77. The summed E-state index contributed by atoms with van der Waals surface area (Å²) in [5, 5.41) is 37.9. The average Bonchev–Trinajstić information content (AvgIpc) is 3.06. The molecular weight excluding hydrogens is 750 g/mol. The van der Waals surface area contributed by atoms with Crippen LogP contribution in [0.25, 0.3) is 21.5 Å². The molecular formula is C30H22ClN7O10S3. The molecule has 5 aromatic carbocycles. The number of aromatic nitrogens is 3. The lowest BCUT2D eigenvalue weighted by atomic mass is 10.1. The number of phenols is 1. The van der Waals surface area contributed by atoms with E-state index in [-0.39, 0.29) is 43.9 Å². The molecule has 0 amide bonds. The summed E-state index contributed by atoms with van der Waals surface area (Å²) in [5.41, 5.74) is 1.53. The van der Waals surface area contributed by atoms with Gasteiger partial charge in [0.15, 0.2) is 5.75 Å². The molecule has 0 fully saturated rings. The summed E-state index contributed by atoms with van der Waals surface area (Å²) in [6.45, 7) is 1.96. The highest BCUT2D eigenvalue weighted by molar-refractivity contribution is 7.94. The van der Waals surface area contributed by atoms with Crippen LogP contribution in [0.4, 0.5) is 34.6 Å². The number of benzene rings is 5. The summed E-state index contributed by atoms with van der Waals surface area (Å²) < 4.78 is 73.0. The summed E-state index contributed by atoms with van der Waals surface area (Å²) in [6, 6.07) is 19.3.